The number of carbonyl (C=O) groups excluding carboxylic acids is 1. The first-order valence-electron chi connectivity index (χ1n) is 12.5. The Morgan fingerprint density at radius 1 is 1.20 bits per heavy atom. The number of piperidine rings is 1. The Bertz CT molecular complexity index is 1100. The second-order valence-corrected chi connectivity index (χ2v) is 11.2. The van der Waals surface area contributed by atoms with Crippen molar-refractivity contribution in [3.63, 3.8) is 0 Å². The molecular formula is C26H36N4O3S2. The summed E-state index contributed by atoms with van der Waals surface area (Å²) in [5, 5.41) is 9.83. The van der Waals surface area contributed by atoms with Crippen molar-refractivity contribution in [3.8, 4) is 6.07 Å². The van der Waals surface area contributed by atoms with Crippen molar-refractivity contribution in [2.75, 3.05) is 37.7 Å². The van der Waals surface area contributed by atoms with Gasteiger partial charge in [-0.1, -0.05) is 44.8 Å². The molecule has 3 rings (SSSR count). The summed E-state index contributed by atoms with van der Waals surface area (Å²) < 4.78 is 7.67. The van der Waals surface area contributed by atoms with E-state index in [0.717, 1.165) is 37.3 Å². The molecule has 2 fully saturated rings. The number of aromatic nitrogens is 1. The second kappa shape index (κ2) is 12.2. The number of carbonyl (C=O) groups is 1. The maximum absolute atomic E-state index is 13.3. The van der Waals surface area contributed by atoms with Crippen LogP contribution in [0.25, 0.3) is 6.08 Å². The molecule has 0 N–H and O–H groups in total. The first-order valence-corrected chi connectivity index (χ1v) is 13.7. The molecule has 35 heavy (non-hydrogen) atoms. The quantitative estimate of drug-likeness (QED) is 0.271. The summed E-state index contributed by atoms with van der Waals surface area (Å²) in [6.07, 6.45) is 4.46. The Kier molecular flexibility index (Phi) is 9.56. The van der Waals surface area contributed by atoms with Crippen LogP contribution in [0.2, 0.25) is 0 Å². The molecule has 2 unspecified atom stereocenters. The van der Waals surface area contributed by atoms with Crippen molar-refractivity contribution in [1.29, 1.82) is 5.26 Å². The molecule has 7 nitrogen and oxygen atoms in total. The molecule has 0 aromatic carbocycles. The molecule has 2 atom stereocenters. The standard InChI is InChI=1S/C26H36N4O3S2/c1-6-9-29-23(28-15-17(3)12-18(4)16-28)20(19(5)21(14-27)24(29)31)13-22-25(32)30(26(34)35-22)10-8-11-33-7-2/h13,17-18H,6-12,15-16H2,1-5H3/b22-13-. The molecule has 0 bridgehead atoms. The molecule has 2 aliphatic rings. The van der Waals surface area contributed by atoms with E-state index >= 15 is 0 Å². The number of thiocarbonyl (C=S) groups is 1. The molecule has 9 heteroatoms. The maximum Gasteiger partial charge on any atom is 0.270 e. The van der Waals surface area contributed by atoms with Crippen LogP contribution in [-0.2, 0) is 16.1 Å². The lowest BCUT2D eigenvalue weighted by atomic mass is 9.91. The fourth-order valence-corrected chi connectivity index (χ4v) is 6.34. The molecule has 0 radical (unpaired) electrons. The molecule has 190 valence electrons. The van der Waals surface area contributed by atoms with Crippen LogP contribution >= 0.6 is 24.0 Å². The van der Waals surface area contributed by atoms with E-state index in [2.05, 4.69) is 24.8 Å². The third kappa shape index (κ3) is 5.99. The van der Waals surface area contributed by atoms with Gasteiger partial charge in [0.05, 0.1) is 4.91 Å². The molecular weight excluding hydrogens is 480 g/mol. The first-order chi connectivity index (χ1) is 16.7. The topological polar surface area (TPSA) is 78.6 Å². The lowest BCUT2D eigenvalue weighted by Gasteiger charge is -2.39. The van der Waals surface area contributed by atoms with Gasteiger partial charge in [0.25, 0.3) is 11.5 Å². The highest BCUT2D eigenvalue weighted by Gasteiger charge is 2.34. The Hall–Kier alpha value is -2.15. The lowest BCUT2D eigenvalue weighted by molar-refractivity contribution is -0.122. The van der Waals surface area contributed by atoms with Gasteiger partial charge in [-0.3, -0.25) is 19.1 Å². The van der Waals surface area contributed by atoms with Crippen molar-refractivity contribution in [2.45, 2.75) is 60.4 Å². The summed E-state index contributed by atoms with van der Waals surface area (Å²) in [7, 11) is 0. The van der Waals surface area contributed by atoms with Gasteiger partial charge in [0.2, 0.25) is 0 Å². The van der Waals surface area contributed by atoms with Crippen LogP contribution in [0.5, 0.6) is 0 Å². The molecule has 1 aromatic heterocycles. The lowest BCUT2D eigenvalue weighted by Crippen LogP contribution is -2.43. The fraction of sp³-hybridized carbons (Fsp3) is 0.615. The summed E-state index contributed by atoms with van der Waals surface area (Å²) >= 11 is 6.80. The smallest absolute Gasteiger partial charge is 0.270 e. The Morgan fingerprint density at radius 2 is 1.89 bits per heavy atom. The second-order valence-electron chi connectivity index (χ2n) is 9.54. The predicted molar refractivity (Wildman–Crippen MR) is 147 cm³/mol. The van der Waals surface area contributed by atoms with Crippen molar-refractivity contribution in [3.05, 3.63) is 31.9 Å². The average Bonchev–Trinajstić information content (AvgIpc) is 3.06. The molecule has 0 saturated carbocycles. The van der Waals surface area contributed by atoms with Gasteiger partial charge in [0.1, 0.15) is 21.8 Å². The molecule has 0 aliphatic carbocycles. The SMILES string of the molecule is CCCn1c(N2CC(C)CC(C)C2)c(/C=C2\SC(=S)N(CCCOCC)C2=O)c(C)c(C#N)c1=O. The fourth-order valence-electron chi connectivity index (χ4n) is 5.04. The van der Waals surface area contributed by atoms with E-state index < -0.39 is 0 Å². The minimum absolute atomic E-state index is 0.131. The van der Waals surface area contributed by atoms with Crippen molar-refractivity contribution >= 4 is 46.1 Å². The summed E-state index contributed by atoms with van der Waals surface area (Å²) in [4.78, 5) is 31.1. The van der Waals surface area contributed by atoms with Gasteiger partial charge in [0, 0.05) is 45.0 Å². The van der Waals surface area contributed by atoms with E-state index in [0.29, 0.717) is 59.3 Å². The largest absolute Gasteiger partial charge is 0.382 e. The van der Waals surface area contributed by atoms with Crippen LogP contribution in [0.4, 0.5) is 5.82 Å². The minimum atomic E-state index is -0.256. The van der Waals surface area contributed by atoms with Crippen molar-refractivity contribution < 1.29 is 9.53 Å². The monoisotopic (exact) mass is 516 g/mol. The van der Waals surface area contributed by atoms with Crippen LogP contribution in [0.1, 0.15) is 63.6 Å². The molecule has 2 saturated heterocycles. The minimum Gasteiger partial charge on any atom is -0.382 e. The number of nitrogens with zero attached hydrogens (tertiary/aromatic N) is 4. The van der Waals surface area contributed by atoms with Crippen LogP contribution < -0.4 is 10.5 Å². The Morgan fingerprint density at radius 3 is 2.49 bits per heavy atom. The van der Waals surface area contributed by atoms with Gasteiger partial charge in [0.15, 0.2) is 0 Å². The number of hydrogen-bond donors (Lipinski definition) is 0. The van der Waals surface area contributed by atoms with Crippen LogP contribution in [0.15, 0.2) is 9.70 Å². The summed E-state index contributed by atoms with van der Waals surface area (Å²) in [6, 6.07) is 2.12. The highest BCUT2D eigenvalue weighted by molar-refractivity contribution is 8.26. The number of nitriles is 1. The first kappa shape index (κ1) is 27.4. The molecule has 3 heterocycles. The molecule has 0 spiro atoms. The maximum atomic E-state index is 13.3. The van der Waals surface area contributed by atoms with Gasteiger partial charge in [-0.15, -0.1) is 0 Å². The van der Waals surface area contributed by atoms with E-state index in [9.17, 15) is 14.9 Å². The van der Waals surface area contributed by atoms with Gasteiger partial charge < -0.3 is 9.64 Å². The Balaban J connectivity index is 2.12. The third-order valence-corrected chi connectivity index (χ3v) is 7.86. The van der Waals surface area contributed by atoms with E-state index in [1.807, 2.05) is 26.8 Å². The van der Waals surface area contributed by atoms with E-state index in [1.165, 1.54) is 11.8 Å². The number of pyridine rings is 1. The van der Waals surface area contributed by atoms with E-state index in [4.69, 9.17) is 17.0 Å². The zero-order chi connectivity index (χ0) is 25.7. The van der Waals surface area contributed by atoms with E-state index in [1.54, 1.807) is 9.47 Å². The number of thioether (sulfide) groups is 1. The van der Waals surface area contributed by atoms with Gasteiger partial charge in [-0.2, -0.15) is 5.26 Å². The molecule has 1 amide bonds. The normalized spacial score (nSPS) is 21.8. The third-order valence-electron chi connectivity index (χ3n) is 6.49. The Labute approximate surface area is 218 Å². The van der Waals surface area contributed by atoms with Crippen molar-refractivity contribution in [1.82, 2.24) is 9.47 Å². The number of anilines is 1. The van der Waals surface area contributed by atoms with Crippen LogP contribution in [-0.4, -0.2) is 52.5 Å². The number of amides is 1. The summed E-state index contributed by atoms with van der Waals surface area (Å²) in [6.45, 7) is 14.1. The highest BCUT2D eigenvalue weighted by Crippen LogP contribution is 2.37. The summed E-state index contributed by atoms with van der Waals surface area (Å²) in [5.41, 5.74) is 1.27. The van der Waals surface area contributed by atoms with Crippen LogP contribution in [0, 0.1) is 30.1 Å². The van der Waals surface area contributed by atoms with E-state index in [-0.39, 0.29) is 17.0 Å². The average molecular weight is 517 g/mol. The number of hydrogen-bond acceptors (Lipinski definition) is 7. The van der Waals surface area contributed by atoms with Gasteiger partial charge in [-0.25, -0.2) is 0 Å². The highest BCUT2D eigenvalue weighted by atomic mass is 32.2. The molecule has 2 aliphatic heterocycles. The predicted octanol–water partition coefficient (Wildman–Crippen LogP) is 4.55. The zero-order valence-corrected chi connectivity index (χ0v) is 23.1. The van der Waals surface area contributed by atoms with Crippen LogP contribution in [0.3, 0.4) is 0 Å². The number of ether oxygens (including phenoxy) is 1. The molecule has 1 aromatic rings. The van der Waals surface area contributed by atoms with Crippen molar-refractivity contribution in [2.24, 2.45) is 11.8 Å². The van der Waals surface area contributed by atoms with Gasteiger partial charge in [-0.05, 0) is 56.6 Å². The summed E-state index contributed by atoms with van der Waals surface area (Å²) in [5.74, 6) is 1.65. The number of rotatable bonds is 9. The van der Waals surface area contributed by atoms with Gasteiger partial charge >= 0.3 is 0 Å². The zero-order valence-electron chi connectivity index (χ0n) is 21.4.